The number of nitrogens with zero attached hydrogens (tertiary/aromatic N) is 3. The average molecular weight is 343 g/mol. The van der Waals surface area contributed by atoms with E-state index in [0.717, 1.165) is 0 Å². The molecular weight excluding hydrogens is 337 g/mol. The molecule has 0 aromatic carbocycles. The average Bonchev–Trinajstić information content (AvgIpc) is 2.32. The monoisotopic (exact) mass is 343 g/mol. The highest BCUT2D eigenvalue weighted by atomic mass is 127. The van der Waals surface area contributed by atoms with Gasteiger partial charge in [0.2, 0.25) is 5.88 Å². The third-order valence-electron chi connectivity index (χ3n) is 1.81. The topological polar surface area (TPSA) is 85.2 Å². The van der Waals surface area contributed by atoms with Crippen LogP contribution in [0.1, 0.15) is 10.5 Å². The fourth-order valence-electron chi connectivity index (χ4n) is 1.11. The number of rotatable bonds is 3. The molecule has 2 heterocycles. The van der Waals surface area contributed by atoms with E-state index >= 15 is 0 Å². The van der Waals surface area contributed by atoms with Crippen molar-refractivity contribution >= 4 is 28.6 Å². The number of halogens is 1. The zero-order valence-corrected chi connectivity index (χ0v) is 10.5. The predicted molar refractivity (Wildman–Crippen MR) is 66.0 cm³/mol. The number of carbonyl (C=O) groups is 1. The standard InChI is InChI=1S/C10H6IN3O3/c11-6-4-12-5-14-9(6)17-7-2-1-3-13-8(7)10(15)16/h1-5H,(H,15,16). The van der Waals surface area contributed by atoms with Crippen molar-refractivity contribution < 1.29 is 14.6 Å². The Hall–Kier alpha value is -1.77. The predicted octanol–water partition coefficient (Wildman–Crippen LogP) is 1.97. The van der Waals surface area contributed by atoms with Crippen LogP contribution < -0.4 is 4.74 Å². The number of pyridine rings is 1. The number of carboxylic acids is 1. The van der Waals surface area contributed by atoms with Gasteiger partial charge in [-0.15, -0.1) is 0 Å². The van der Waals surface area contributed by atoms with Crippen molar-refractivity contribution in [2.24, 2.45) is 0 Å². The molecule has 0 aliphatic carbocycles. The van der Waals surface area contributed by atoms with Gasteiger partial charge in [0, 0.05) is 12.4 Å². The van der Waals surface area contributed by atoms with E-state index in [9.17, 15) is 4.79 Å². The maximum absolute atomic E-state index is 10.9. The molecule has 7 heteroatoms. The van der Waals surface area contributed by atoms with Gasteiger partial charge in [-0.3, -0.25) is 0 Å². The Morgan fingerprint density at radius 3 is 2.94 bits per heavy atom. The van der Waals surface area contributed by atoms with Crippen LogP contribution in [0.4, 0.5) is 0 Å². The van der Waals surface area contributed by atoms with E-state index in [1.54, 1.807) is 12.3 Å². The van der Waals surface area contributed by atoms with Crippen molar-refractivity contribution in [1.29, 1.82) is 0 Å². The van der Waals surface area contributed by atoms with Gasteiger partial charge < -0.3 is 9.84 Å². The van der Waals surface area contributed by atoms with Gasteiger partial charge >= 0.3 is 5.97 Å². The highest BCUT2D eigenvalue weighted by Crippen LogP contribution is 2.25. The first-order valence-electron chi connectivity index (χ1n) is 4.50. The lowest BCUT2D eigenvalue weighted by Crippen LogP contribution is -2.03. The second-order valence-corrected chi connectivity index (χ2v) is 4.10. The zero-order chi connectivity index (χ0) is 12.3. The minimum Gasteiger partial charge on any atom is -0.476 e. The molecule has 2 rings (SSSR count). The van der Waals surface area contributed by atoms with Gasteiger partial charge in [0.15, 0.2) is 11.4 Å². The first-order chi connectivity index (χ1) is 8.18. The van der Waals surface area contributed by atoms with Crippen molar-refractivity contribution in [3.8, 4) is 11.6 Å². The van der Waals surface area contributed by atoms with Crippen LogP contribution in [-0.4, -0.2) is 26.0 Å². The lowest BCUT2D eigenvalue weighted by molar-refractivity contribution is 0.0687. The largest absolute Gasteiger partial charge is 0.476 e. The minimum absolute atomic E-state index is 0.150. The summed E-state index contributed by atoms with van der Waals surface area (Å²) in [7, 11) is 0. The van der Waals surface area contributed by atoms with Crippen molar-refractivity contribution in [3.05, 3.63) is 40.1 Å². The molecule has 0 bridgehead atoms. The number of ether oxygens (including phenoxy) is 1. The number of carboxylic acid groups (broad SMARTS) is 1. The van der Waals surface area contributed by atoms with Gasteiger partial charge in [-0.05, 0) is 34.7 Å². The van der Waals surface area contributed by atoms with Gasteiger partial charge in [-0.25, -0.2) is 19.7 Å². The molecule has 0 saturated heterocycles. The van der Waals surface area contributed by atoms with Crippen LogP contribution in [0.3, 0.4) is 0 Å². The molecule has 1 N–H and O–H groups in total. The zero-order valence-electron chi connectivity index (χ0n) is 8.37. The lowest BCUT2D eigenvalue weighted by Gasteiger charge is -2.07. The quantitative estimate of drug-likeness (QED) is 0.858. The van der Waals surface area contributed by atoms with Crippen molar-refractivity contribution in [1.82, 2.24) is 15.0 Å². The maximum atomic E-state index is 10.9. The molecule has 0 radical (unpaired) electrons. The summed E-state index contributed by atoms with van der Waals surface area (Å²) in [6.07, 6.45) is 4.29. The molecule has 0 saturated carbocycles. The Kier molecular flexibility index (Phi) is 3.47. The van der Waals surface area contributed by atoms with E-state index in [2.05, 4.69) is 15.0 Å². The number of hydrogen-bond donors (Lipinski definition) is 1. The Morgan fingerprint density at radius 2 is 2.24 bits per heavy atom. The molecule has 0 fully saturated rings. The Labute approximate surface area is 110 Å². The maximum Gasteiger partial charge on any atom is 0.358 e. The molecule has 0 unspecified atom stereocenters. The van der Waals surface area contributed by atoms with Gasteiger partial charge in [0.25, 0.3) is 0 Å². The molecule has 6 nitrogen and oxygen atoms in total. The van der Waals surface area contributed by atoms with Crippen LogP contribution in [0, 0.1) is 3.57 Å². The summed E-state index contributed by atoms with van der Waals surface area (Å²) in [5.41, 5.74) is -0.151. The molecule has 0 aliphatic rings. The fraction of sp³-hybridized carbons (Fsp3) is 0. The van der Waals surface area contributed by atoms with Crippen LogP contribution in [-0.2, 0) is 0 Å². The number of aromatic nitrogens is 3. The van der Waals surface area contributed by atoms with Gasteiger partial charge in [0.05, 0.1) is 3.57 Å². The summed E-state index contributed by atoms with van der Waals surface area (Å²) >= 11 is 2.00. The van der Waals surface area contributed by atoms with E-state index in [-0.39, 0.29) is 11.4 Å². The third kappa shape index (κ3) is 2.67. The fourth-order valence-corrected chi connectivity index (χ4v) is 1.52. The second-order valence-electron chi connectivity index (χ2n) is 2.93. The van der Waals surface area contributed by atoms with E-state index < -0.39 is 5.97 Å². The molecule has 0 aliphatic heterocycles. The van der Waals surface area contributed by atoms with Crippen molar-refractivity contribution in [2.75, 3.05) is 0 Å². The summed E-state index contributed by atoms with van der Waals surface area (Å²) in [4.78, 5) is 22.4. The smallest absolute Gasteiger partial charge is 0.358 e. The molecule has 86 valence electrons. The molecule has 2 aromatic rings. The summed E-state index contributed by atoms with van der Waals surface area (Å²) < 4.78 is 6.09. The van der Waals surface area contributed by atoms with E-state index in [1.165, 1.54) is 18.6 Å². The van der Waals surface area contributed by atoms with Crippen LogP contribution in [0.2, 0.25) is 0 Å². The van der Waals surface area contributed by atoms with E-state index in [1.807, 2.05) is 22.6 Å². The molecule has 0 spiro atoms. The Bertz CT molecular complexity index is 562. The second kappa shape index (κ2) is 5.04. The van der Waals surface area contributed by atoms with Crippen LogP contribution in [0.5, 0.6) is 11.6 Å². The molecule has 0 atom stereocenters. The number of aromatic carboxylic acids is 1. The molecule has 2 aromatic heterocycles. The van der Waals surface area contributed by atoms with Crippen molar-refractivity contribution in [2.45, 2.75) is 0 Å². The van der Waals surface area contributed by atoms with Crippen molar-refractivity contribution in [3.63, 3.8) is 0 Å². The van der Waals surface area contributed by atoms with Gasteiger partial charge in [-0.2, -0.15) is 0 Å². The molecule has 0 amide bonds. The van der Waals surface area contributed by atoms with Crippen LogP contribution in [0.25, 0.3) is 0 Å². The third-order valence-corrected chi connectivity index (χ3v) is 2.55. The Balaban J connectivity index is 2.37. The summed E-state index contributed by atoms with van der Waals surface area (Å²) in [5, 5.41) is 8.94. The van der Waals surface area contributed by atoms with Crippen LogP contribution in [0.15, 0.2) is 30.9 Å². The van der Waals surface area contributed by atoms with Gasteiger partial charge in [0.1, 0.15) is 6.33 Å². The Morgan fingerprint density at radius 1 is 1.41 bits per heavy atom. The highest BCUT2D eigenvalue weighted by Gasteiger charge is 2.14. The summed E-state index contributed by atoms with van der Waals surface area (Å²) in [6, 6.07) is 3.12. The SMILES string of the molecule is O=C(O)c1ncccc1Oc1ncncc1I. The van der Waals surface area contributed by atoms with Gasteiger partial charge in [-0.1, -0.05) is 0 Å². The normalized spacial score (nSPS) is 9.94. The first-order valence-corrected chi connectivity index (χ1v) is 5.58. The first kappa shape index (κ1) is 11.7. The summed E-state index contributed by atoms with van der Waals surface area (Å²) in [5.74, 6) is -0.697. The number of hydrogen-bond acceptors (Lipinski definition) is 5. The van der Waals surface area contributed by atoms with E-state index in [0.29, 0.717) is 9.45 Å². The van der Waals surface area contributed by atoms with Crippen LogP contribution >= 0.6 is 22.6 Å². The summed E-state index contributed by atoms with van der Waals surface area (Å²) in [6.45, 7) is 0. The minimum atomic E-state index is -1.15. The van der Waals surface area contributed by atoms with E-state index in [4.69, 9.17) is 9.84 Å². The molecular formula is C10H6IN3O3. The lowest BCUT2D eigenvalue weighted by atomic mass is 10.3. The highest BCUT2D eigenvalue weighted by molar-refractivity contribution is 14.1. The molecule has 17 heavy (non-hydrogen) atoms.